The Morgan fingerprint density at radius 1 is 1.20 bits per heavy atom. The zero-order valence-corrected chi connectivity index (χ0v) is 15.2. The van der Waals surface area contributed by atoms with Crippen LogP contribution in [0.25, 0.3) is 0 Å². The van der Waals surface area contributed by atoms with Crippen LogP contribution in [0.2, 0.25) is 0 Å². The summed E-state index contributed by atoms with van der Waals surface area (Å²) in [5.74, 6) is 1.45. The average Bonchev–Trinajstić information content (AvgIpc) is 2.66. The molecule has 25 heavy (non-hydrogen) atoms. The summed E-state index contributed by atoms with van der Waals surface area (Å²) in [7, 11) is 0. The number of anilines is 1. The molecule has 1 aromatic rings. The molecule has 2 amide bonds. The number of hydrogen-bond donors (Lipinski definition) is 1. The van der Waals surface area contributed by atoms with Crippen LogP contribution in [0.4, 0.5) is 10.7 Å². The summed E-state index contributed by atoms with van der Waals surface area (Å²) >= 11 is 0. The van der Waals surface area contributed by atoms with Crippen LogP contribution in [-0.2, 0) is 0 Å². The average molecular weight is 346 g/mol. The SMILES string of the molecule is CC1CCCN(C(=O)NCCCN2CCN(c3ncccn3)CC2)C1. The van der Waals surface area contributed by atoms with Crippen molar-refractivity contribution in [3.63, 3.8) is 0 Å². The van der Waals surface area contributed by atoms with Gasteiger partial charge in [-0.25, -0.2) is 14.8 Å². The molecule has 2 aliphatic rings. The molecule has 1 unspecified atom stereocenters. The second-order valence-electron chi connectivity index (χ2n) is 7.16. The van der Waals surface area contributed by atoms with Crippen LogP contribution < -0.4 is 10.2 Å². The highest BCUT2D eigenvalue weighted by Crippen LogP contribution is 2.15. The number of piperidine rings is 1. The zero-order valence-electron chi connectivity index (χ0n) is 15.2. The summed E-state index contributed by atoms with van der Waals surface area (Å²) in [6.07, 6.45) is 6.95. The maximum atomic E-state index is 12.2. The monoisotopic (exact) mass is 346 g/mol. The van der Waals surface area contributed by atoms with E-state index in [0.717, 1.165) is 71.1 Å². The van der Waals surface area contributed by atoms with E-state index in [0.29, 0.717) is 5.92 Å². The van der Waals surface area contributed by atoms with Gasteiger partial charge in [0.25, 0.3) is 0 Å². The lowest BCUT2D eigenvalue weighted by Crippen LogP contribution is -2.48. The minimum absolute atomic E-state index is 0.109. The number of carbonyl (C=O) groups is 1. The van der Waals surface area contributed by atoms with Gasteiger partial charge >= 0.3 is 6.03 Å². The predicted molar refractivity (Wildman–Crippen MR) is 98.7 cm³/mol. The van der Waals surface area contributed by atoms with Gasteiger partial charge in [-0.15, -0.1) is 0 Å². The maximum Gasteiger partial charge on any atom is 0.317 e. The molecule has 0 saturated carbocycles. The Morgan fingerprint density at radius 3 is 2.68 bits per heavy atom. The Labute approximate surface area is 150 Å². The fraction of sp³-hybridized carbons (Fsp3) is 0.722. The molecule has 0 aliphatic carbocycles. The standard InChI is InChI=1S/C18H30N6O/c1-16-5-2-10-24(15-16)18(25)21-8-4-9-22-11-13-23(14-12-22)17-19-6-3-7-20-17/h3,6-7,16H,2,4-5,8-15H2,1H3,(H,21,25). The zero-order chi connectivity index (χ0) is 17.5. The number of likely N-dealkylation sites (tertiary alicyclic amines) is 1. The van der Waals surface area contributed by atoms with E-state index in [1.165, 1.54) is 6.42 Å². The van der Waals surface area contributed by atoms with Crippen molar-refractivity contribution in [1.29, 1.82) is 0 Å². The normalized spacial score (nSPS) is 22.0. The van der Waals surface area contributed by atoms with Crippen molar-refractivity contribution in [2.45, 2.75) is 26.2 Å². The Bertz CT molecular complexity index is 532. The molecule has 1 aromatic heterocycles. The molecule has 3 heterocycles. The molecule has 0 spiro atoms. The molecule has 3 rings (SSSR count). The van der Waals surface area contributed by atoms with Crippen molar-refractivity contribution < 1.29 is 4.79 Å². The number of carbonyl (C=O) groups excluding carboxylic acids is 1. The first-order valence-corrected chi connectivity index (χ1v) is 9.49. The van der Waals surface area contributed by atoms with Crippen molar-refractivity contribution in [3.8, 4) is 0 Å². The molecule has 7 nitrogen and oxygen atoms in total. The lowest BCUT2D eigenvalue weighted by Gasteiger charge is -2.34. The van der Waals surface area contributed by atoms with Gasteiger partial charge in [0.15, 0.2) is 0 Å². The van der Waals surface area contributed by atoms with Crippen LogP contribution in [0.15, 0.2) is 18.5 Å². The first-order valence-electron chi connectivity index (χ1n) is 9.49. The molecular weight excluding hydrogens is 316 g/mol. The van der Waals surface area contributed by atoms with Gasteiger partial charge in [-0.05, 0) is 37.8 Å². The Hall–Kier alpha value is -1.89. The summed E-state index contributed by atoms with van der Waals surface area (Å²) in [6, 6.07) is 1.95. The summed E-state index contributed by atoms with van der Waals surface area (Å²) in [5.41, 5.74) is 0. The third kappa shape index (κ3) is 5.29. The molecule has 0 radical (unpaired) electrons. The van der Waals surface area contributed by atoms with Crippen molar-refractivity contribution in [3.05, 3.63) is 18.5 Å². The van der Waals surface area contributed by atoms with Crippen LogP contribution >= 0.6 is 0 Å². The smallest absolute Gasteiger partial charge is 0.317 e. The van der Waals surface area contributed by atoms with Gasteiger partial charge in [0, 0.05) is 58.2 Å². The molecule has 0 aromatic carbocycles. The van der Waals surface area contributed by atoms with E-state index in [9.17, 15) is 4.79 Å². The molecule has 138 valence electrons. The number of rotatable bonds is 5. The molecule has 7 heteroatoms. The number of aromatic nitrogens is 2. The lowest BCUT2D eigenvalue weighted by molar-refractivity contribution is 0.169. The van der Waals surface area contributed by atoms with E-state index in [1.54, 1.807) is 12.4 Å². The Balaban J connectivity index is 1.29. The largest absolute Gasteiger partial charge is 0.338 e. The van der Waals surface area contributed by atoms with Crippen molar-refractivity contribution in [2.24, 2.45) is 5.92 Å². The van der Waals surface area contributed by atoms with Gasteiger partial charge in [0.2, 0.25) is 5.95 Å². The molecule has 1 N–H and O–H groups in total. The van der Waals surface area contributed by atoms with Gasteiger partial charge in [-0.1, -0.05) is 6.92 Å². The second kappa shape index (κ2) is 8.99. The molecular formula is C18H30N6O. The number of piperazine rings is 1. The number of nitrogens with zero attached hydrogens (tertiary/aromatic N) is 5. The van der Waals surface area contributed by atoms with Crippen LogP contribution in [-0.4, -0.2) is 78.2 Å². The van der Waals surface area contributed by atoms with Gasteiger partial charge in [0.05, 0.1) is 0 Å². The summed E-state index contributed by atoms with van der Waals surface area (Å²) in [4.78, 5) is 27.5. The Morgan fingerprint density at radius 2 is 1.96 bits per heavy atom. The van der Waals surface area contributed by atoms with Crippen molar-refractivity contribution >= 4 is 12.0 Å². The number of urea groups is 1. The maximum absolute atomic E-state index is 12.2. The fourth-order valence-electron chi connectivity index (χ4n) is 3.61. The fourth-order valence-corrected chi connectivity index (χ4v) is 3.61. The van der Waals surface area contributed by atoms with Gasteiger partial charge in [0.1, 0.15) is 0 Å². The number of hydrogen-bond acceptors (Lipinski definition) is 5. The summed E-state index contributed by atoms with van der Waals surface area (Å²) in [5, 5.41) is 3.08. The predicted octanol–water partition coefficient (Wildman–Crippen LogP) is 1.43. The van der Waals surface area contributed by atoms with Gasteiger partial charge < -0.3 is 15.1 Å². The van der Waals surface area contributed by atoms with Crippen molar-refractivity contribution in [2.75, 3.05) is 57.3 Å². The molecule has 2 aliphatic heterocycles. The van der Waals surface area contributed by atoms with E-state index in [1.807, 2.05) is 11.0 Å². The van der Waals surface area contributed by atoms with Crippen LogP contribution in [0.1, 0.15) is 26.2 Å². The van der Waals surface area contributed by atoms with E-state index < -0.39 is 0 Å². The minimum atomic E-state index is 0.109. The topological polar surface area (TPSA) is 64.6 Å². The number of amides is 2. The molecule has 2 fully saturated rings. The van der Waals surface area contributed by atoms with E-state index >= 15 is 0 Å². The summed E-state index contributed by atoms with van der Waals surface area (Å²) < 4.78 is 0. The second-order valence-corrected chi connectivity index (χ2v) is 7.16. The van der Waals surface area contributed by atoms with E-state index in [-0.39, 0.29) is 6.03 Å². The molecule has 1 atom stereocenters. The molecule has 2 saturated heterocycles. The Kier molecular flexibility index (Phi) is 6.44. The highest BCUT2D eigenvalue weighted by molar-refractivity contribution is 5.74. The molecule has 0 bridgehead atoms. The van der Waals surface area contributed by atoms with E-state index in [2.05, 4.69) is 32.0 Å². The van der Waals surface area contributed by atoms with E-state index in [4.69, 9.17) is 0 Å². The van der Waals surface area contributed by atoms with Crippen LogP contribution in [0, 0.1) is 5.92 Å². The third-order valence-electron chi connectivity index (χ3n) is 5.08. The minimum Gasteiger partial charge on any atom is -0.338 e. The highest BCUT2D eigenvalue weighted by Gasteiger charge is 2.21. The summed E-state index contributed by atoms with van der Waals surface area (Å²) in [6.45, 7) is 9.77. The number of nitrogens with one attached hydrogen (secondary N) is 1. The first kappa shape index (κ1) is 17.9. The third-order valence-corrected chi connectivity index (χ3v) is 5.08. The highest BCUT2D eigenvalue weighted by atomic mass is 16.2. The van der Waals surface area contributed by atoms with Crippen molar-refractivity contribution in [1.82, 2.24) is 25.1 Å². The lowest BCUT2D eigenvalue weighted by atomic mass is 10.0. The first-order chi connectivity index (χ1) is 12.2. The van der Waals surface area contributed by atoms with Gasteiger partial charge in [-0.2, -0.15) is 0 Å². The van der Waals surface area contributed by atoms with Gasteiger partial charge in [-0.3, -0.25) is 4.90 Å². The van der Waals surface area contributed by atoms with Crippen LogP contribution in [0.3, 0.4) is 0 Å². The van der Waals surface area contributed by atoms with Crippen LogP contribution in [0.5, 0.6) is 0 Å². The quantitative estimate of drug-likeness (QED) is 0.817.